The molecular formula is C12H14N4O. The number of nitrogens with zero attached hydrogens (tertiary/aromatic N) is 3. The standard InChI is InChI=1S/C12H14N4O/c1-2-4-10(5-3-1)12(6-8-17-9-7-12)11-13-15-16-14-11/h1-5H,6-9H2,(H,13,14,15,16). The normalized spacial score (nSPS) is 19.1. The van der Waals surface area contributed by atoms with Gasteiger partial charge >= 0.3 is 0 Å². The van der Waals surface area contributed by atoms with Crippen LogP contribution in [0.4, 0.5) is 0 Å². The van der Waals surface area contributed by atoms with Crippen LogP contribution in [0.25, 0.3) is 0 Å². The lowest BCUT2D eigenvalue weighted by Gasteiger charge is -2.34. The Bertz CT molecular complexity index is 463. The van der Waals surface area contributed by atoms with Gasteiger partial charge in [0.1, 0.15) is 0 Å². The van der Waals surface area contributed by atoms with E-state index in [0.29, 0.717) is 0 Å². The Morgan fingerprint density at radius 3 is 2.53 bits per heavy atom. The minimum atomic E-state index is -0.146. The fraction of sp³-hybridized carbons (Fsp3) is 0.417. The first-order valence-electron chi connectivity index (χ1n) is 5.79. The molecule has 0 bridgehead atoms. The predicted molar refractivity (Wildman–Crippen MR) is 61.5 cm³/mol. The van der Waals surface area contributed by atoms with Crippen molar-refractivity contribution >= 4 is 0 Å². The number of rotatable bonds is 2. The highest BCUT2D eigenvalue weighted by molar-refractivity contribution is 5.32. The maximum Gasteiger partial charge on any atom is 0.185 e. The second-order valence-corrected chi connectivity index (χ2v) is 4.30. The molecule has 1 aromatic heterocycles. The summed E-state index contributed by atoms with van der Waals surface area (Å²) >= 11 is 0. The lowest BCUT2D eigenvalue weighted by molar-refractivity contribution is 0.0605. The average Bonchev–Trinajstić information content (AvgIpc) is 2.95. The smallest absolute Gasteiger partial charge is 0.185 e. The van der Waals surface area contributed by atoms with E-state index in [4.69, 9.17) is 4.74 Å². The Labute approximate surface area is 99.2 Å². The van der Waals surface area contributed by atoms with Crippen LogP contribution in [0.2, 0.25) is 0 Å². The molecule has 5 heteroatoms. The molecule has 0 saturated carbocycles. The SMILES string of the molecule is c1ccc(C2(c3nn[nH]n3)CCOCC2)cc1. The molecule has 0 aliphatic carbocycles. The lowest BCUT2D eigenvalue weighted by Crippen LogP contribution is -2.36. The number of benzene rings is 1. The number of hydrogen-bond donors (Lipinski definition) is 1. The zero-order valence-corrected chi connectivity index (χ0v) is 9.47. The second-order valence-electron chi connectivity index (χ2n) is 4.30. The molecule has 88 valence electrons. The highest BCUT2D eigenvalue weighted by Gasteiger charge is 2.39. The van der Waals surface area contributed by atoms with E-state index < -0.39 is 0 Å². The van der Waals surface area contributed by atoms with Gasteiger partial charge in [-0.25, -0.2) is 0 Å². The number of aromatic amines is 1. The number of aromatic nitrogens is 4. The molecule has 5 nitrogen and oxygen atoms in total. The molecule has 0 unspecified atom stereocenters. The van der Waals surface area contributed by atoms with Crippen molar-refractivity contribution in [2.24, 2.45) is 0 Å². The van der Waals surface area contributed by atoms with Crippen molar-refractivity contribution in [1.29, 1.82) is 0 Å². The van der Waals surface area contributed by atoms with Crippen LogP contribution in [-0.4, -0.2) is 33.8 Å². The number of hydrogen-bond acceptors (Lipinski definition) is 4. The minimum Gasteiger partial charge on any atom is -0.381 e. The van der Waals surface area contributed by atoms with Gasteiger partial charge in [0.2, 0.25) is 0 Å². The zero-order chi connectivity index (χ0) is 11.6. The minimum absolute atomic E-state index is 0.146. The topological polar surface area (TPSA) is 63.7 Å². The molecule has 2 heterocycles. The van der Waals surface area contributed by atoms with Gasteiger partial charge in [-0.1, -0.05) is 35.5 Å². The second kappa shape index (κ2) is 4.25. The van der Waals surface area contributed by atoms with Crippen molar-refractivity contribution in [2.45, 2.75) is 18.3 Å². The first kappa shape index (κ1) is 10.4. The fourth-order valence-electron chi connectivity index (χ4n) is 2.48. The molecule has 1 saturated heterocycles. The van der Waals surface area contributed by atoms with Crippen molar-refractivity contribution < 1.29 is 4.74 Å². The van der Waals surface area contributed by atoms with Gasteiger partial charge in [0.15, 0.2) is 5.82 Å². The van der Waals surface area contributed by atoms with Gasteiger partial charge in [-0.3, -0.25) is 0 Å². The zero-order valence-electron chi connectivity index (χ0n) is 9.47. The van der Waals surface area contributed by atoms with Crippen LogP contribution < -0.4 is 0 Å². The summed E-state index contributed by atoms with van der Waals surface area (Å²) in [4.78, 5) is 0. The summed E-state index contributed by atoms with van der Waals surface area (Å²) in [7, 11) is 0. The molecule has 0 spiro atoms. The lowest BCUT2D eigenvalue weighted by atomic mass is 9.73. The number of nitrogens with one attached hydrogen (secondary N) is 1. The number of H-pyrrole nitrogens is 1. The van der Waals surface area contributed by atoms with Crippen molar-refractivity contribution in [2.75, 3.05) is 13.2 Å². The Morgan fingerprint density at radius 1 is 1.12 bits per heavy atom. The third-order valence-corrected chi connectivity index (χ3v) is 3.45. The maximum absolute atomic E-state index is 5.46. The molecule has 1 aromatic carbocycles. The van der Waals surface area contributed by atoms with Crippen molar-refractivity contribution in [1.82, 2.24) is 20.6 Å². The van der Waals surface area contributed by atoms with Gasteiger partial charge in [0, 0.05) is 13.2 Å². The van der Waals surface area contributed by atoms with E-state index in [0.717, 1.165) is 31.9 Å². The van der Waals surface area contributed by atoms with Gasteiger partial charge in [0.05, 0.1) is 5.41 Å². The quantitative estimate of drug-likeness (QED) is 0.844. The van der Waals surface area contributed by atoms with E-state index >= 15 is 0 Å². The van der Waals surface area contributed by atoms with Gasteiger partial charge in [0.25, 0.3) is 0 Å². The van der Waals surface area contributed by atoms with Gasteiger partial charge in [-0.15, -0.1) is 10.2 Å². The van der Waals surface area contributed by atoms with E-state index in [2.05, 4.69) is 32.8 Å². The summed E-state index contributed by atoms with van der Waals surface area (Å²) in [5.74, 6) is 0.770. The van der Waals surface area contributed by atoms with E-state index in [-0.39, 0.29) is 5.41 Å². The van der Waals surface area contributed by atoms with Crippen LogP contribution in [-0.2, 0) is 10.2 Å². The molecule has 1 N–H and O–H groups in total. The summed E-state index contributed by atoms with van der Waals surface area (Å²) in [5.41, 5.74) is 1.09. The highest BCUT2D eigenvalue weighted by atomic mass is 16.5. The van der Waals surface area contributed by atoms with E-state index in [1.54, 1.807) is 0 Å². The first-order chi connectivity index (χ1) is 8.42. The highest BCUT2D eigenvalue weighted by Crippen LogP contribution is 2.38. The number of tetrazole rings is 1. The molecule has 3 rings (SSSR count). The van der Waals surface area contributed by atoms with Crippen molar-refractivity contribution in [3.63, 3.8) is 0 Å². The Morgan fingerprint density at radius 2 is 1.88 bits per heavy atom. The van der Waals surface area contributed by atoms with E-state index in [1.807, 2.05) is 18.2 Å². The summed E-state index contributed by atoms with van der Waals surface area (Å²) in [6.45, 7) is 1.48. The molecule has 2 aromatic rings. The van der Waals surface area contributed by atoms with Crippen LogP contribution in [0, 0.1) is 0 Å². The largest absolute Gasteiger partial charge is 0.381 e. The van der Waals surface area contributed by atoms with Gasteiger partial charge in [-0.2, -0.15) is 5.21 Å². The van der Waals surface area contributed by atoms with E-state index in [9.17, 15) is 0 Å². The average molecular weight is 230 g/mol. The first-order valence-corrected chi connectivity index (χ1v) is 5.79. The molecule has 0 amide bonds. The van der Waals surface area contributed by atoms with Crippen molar-refractivity contribution in [3.05, 3.63) is 41.7 Å². The van der Waals surface area contributed by atoms with Crippen LogP contribution in [0.1, 0.15) is 24.2 Å². The molecule has 1 fully saturated rings. The number of ether oxygens (including phenoxy) is 1. The Kier molecular flexibility index (Phi) is 2.60. The van der Waals surface area contributed by atoms with E-state index in [1.165, 1.54) is 5.56 Å². The molecule has 1 aliphatic heterocycles. The Hall–Kier alpha value is -1.75. The van der Waals surface area contributed by atoms with Crippen LogP contribution in [0.15, 0.2) is 30.3 Å². The predicted octanol–water partition coefficient (Wildman–Crippen LogP) is 1.30. The molecular weight excluding hydrogens is 216 g/mol. The van der Waals surface area contributed by atoms with Crippen molar-refractivity contribution in [3.8, 4) is 0 Å². The molecule has 17 heavy (non-hydrogen) atoms. The summed E-state index contributed by atoms with van der Waals surface area (Å²) < 4.78 is 5.46. The van der Waals surface area contributed by atoms with Gasteiger partial charge < -0.3 is 4.74 Å². The molecule has 1 aliphatic rings. The molecule has 0 atom stereocenters. The van der Waals surface area contributed by atoms with Crippen LogP contribution in [0.3, 0.4) is 0 Å². The molecule has 0 radical (unpaired) electrons. The van der Waals surface area contributed by atoms with Gasteiger partial charge in [-0.05, 0) is 18.4 Å². The van der Waals surface area contributed by atoms with Crippen LogP contribution in [0.5, 0.6) is 0 Å². The van der Waals surface area contributed by atoms with Crippen LogP contribution >= 0.6 is 0 Å². The third-order valence-electron chi connectivity index (χ3n) is 3.45. The fourth-order valence-corrected chi connectivity index (χ4v) is 2.48. The summed E-state index contributed by atoms with van der Waals surface area (Å²) in [5, 5.41) is 14.6. The Balaban J connectivity index is 2.08. The summed E-state index contributed by atoms with van der Waals surface area (Å²) in [6, 6.07) is 10.4. The third kappa shape index (κ3) is 1.72. The maximum atomic E-state index is 5.46. The summed E-state index contributed by atoms with van der Waals surface area (Å²) in [6.07, 6.45) is 1.80. The monoisotopic (exact) mass is 230 g/mol.